The molecule has 0 aromatic heterocycles. The van der Waals surface area contributed by atoms with Gasteiger partial charge in [0.05, 0.1) is 6.54 Å². The fourth-order valence-corrected chi connectivity index (χ4v) is 3.98. The van der Waals surface area contributed by atoms with Crippen LogP contribution in [0.1, 0.15) is 61.5 Å². The lowest BCUT2D eigenvalue weighted by Gasteiger charge is -2.33. The van der Waals surface area contributed by atoms with Crippen LogP contribution < -0.4 is 16.0 Å². The molecule has 0 bridgehead atoms. The van der Waals surface area contributed by atoms with Crippen molar-refractivity contribution in [2.45, 2.75) is 65.2 Å². The maximum absolute atomic E-state index is 12.4. The molecule has 3 N–H and O–H groups in total. The van der Waals surface area contributed by atoms with Gasteiger partial charge in [0, 0.05) is 43.8 Å². The van der Waals surface area contributed by atoms with Crippen LogP contribution in [0.3, 0.4) is 0 Å². The molecule has 1 saturated heterocycles. The molecule has 1 aliphatic heterocycles. The summed E-state index contributed by atoms with van der Waals surface area (Å²) in [5, 5.41) is 10.0. The van der Waals surface area contributed by atoms with E-state index in [1.165, 1.54) is 5.56 Å². The molecule has 2 aromatic rings. The van der Waals surface area contributed by atoms with E-state index in [0.717, 1.165) is 57.0 Å². The highest BCUT2D eigenvalue weighted by Crippen LogP contribution is 2.14. The molecule has 0 spiro atoms. The third kappa shape index (κ3) is 9.25. The zero-order chi connectivity index (χ0) is 23.5. The Bertz CT molecular complexity index is 897. The van der Waals surface area contributed by atoms with Crippen molar-refractivity contribution in [2.75, 3.05) is 19.6 Å². The van der Waals surface area contributed by atoms with Crippen molar-refractivity contribution in [3.05, 3.63) is 71.3 Å². The molecule has 0 saturated carbocycles. The number of amides is 1. The van der Waals surface area contributed by atoms with Crippen molar-refractivity contribution in [1.29, 1.82) is 0 Å². The number of benzene rings is 2. The minimum absolute atomic E-state index is 0. The summed E-state index contributed by atoms with van der Waals surface area (Å²) < 4.78 is 0. The van der Waals surface area contributed by atoms with Gasteiger partial charge in [-0.2, -0.15) is 0 Å². The SMILES string of the molecule is CCNC(=NCc1cccc(C(=O)NC(C)CC)c1)NC1CCN(Cc2ccccc2)CC1.I. The lowest BCUT2D eigenvalue weighted by Crippen LogP contribution is -2.48. The molecular weight excluding hydrogens is 537 g/mol. The number of nitrogens with zero attached hydrogens (tertiary/aromatic N) is 2. The van der Waals surface area contributed by atoms with Gasteiger partial charge in [-0.15, -0.1) is 24.0 Å². The maximum atomic E-state index is 12.4. The minimum Gasteiger partial charge on any atom is -0.357 e. The van der Waals surface area contributed by atoms with E-state index in [0.29, 0.717) is 18.2 Å². The average Bonchev–Trinajstić information content (AvgIpc) is 2.84. The highest BCUT2D eigenvalue weighted by Gasteiger charge is 2.20. The van der Waals surface area contributed by atoms with Crippen LogP contribution >= 0.6 is 24.0 Å². The van der Waals surface area contributed by atoms with E-state index in [1.54, 1.807) is 0 Å². The van der Waals surface area contributed by atoms with Gasteiger partial charge in [-0.3, -0.25) is 9.69 Å². The number of piperidine rings is 1. The van der Waals surface area contributed by atoms with Crippen LogP contribution in [0.4, 0.5) is 0 Å². The number of carbonyl (C=O) groups is 1. The quantitative estimate of drug-likeness (QED) is 0.233. The van der Waals surface area contributed by atoms with Gasteiger partial charge in [0.15, 0.2) is 5.96 Å². The van der Waals surface area contributed by atoms with Gasteiger partial charge in [0.2, 0.25) is 0 Å². The van der Waals surface area contributed by atoms with Crippen molar-refractivity contribution in [2.24, 2.45) is 4.99 Å². The maximum Gasteiger partial charge on any atom is 0.251 e. The van der Waals surface area contributed by atoms with E-state index in [1.807, 2.05) is 31.2 Å². The number of hydrogen-bond donors (Lipinski definition) is 3. The zero-order valence-corrected chi connectivity index (χ0v) is 23.0. The summed E-state index contributed by atoms with van der Waals surface area (Å²) in [5.41, 5.74) is 3.09. The van der Waals surface area contributed by atoms with Crippen LogP contribution in [0.2, 0.25) is 0 Å². The second kappa shape index (κ2) is 15.0. The molecule has 1 heterocycles. The number of carbonyl (C=O) groups excluding carboxylic acids is 1. The standard InChI is InChI=1S/C27H39N5O.HI/c1-4-21(3)30-26(33)24-13-9-12-23(18-24)19-29-27(28-5-2)31-25-14-16-32(17-15-25)20-22-10-7-6-8-11-22;/h6-13,18,21,25H,4-5,14-17,19-20H2,1-3H3,(H,30,33)(H2,28,29,31);1H. The van der Waals surface area contributed by atoms with Gasteiger partial charge >= 0.3 is 0 Å². The third-order valence-electron chi connectivity index (χ3n) is 6.12. The van der Waals surface area contributed by atoms with Gasteiger partial charge in [-0.25, -0.2) is 4.99 Å². The number of nitrogens with one attached hydrogen (secondary N) is 3. The molecule has 1 atom stereocenters. The normalized spacial score (nSPS) is 15.8. The Morgan fingerprint density at radius 3 is 2.44 bits per heavy atom. The predicted molar refractivity (Wildman–Crippen MR) is 152 cm³/mol. The Hall–Kier alpha value is -2.13. The first kappa shape index (κ1) is 28.1. The highest BCUT2D eigenvalue weighted by molar-refractivity contribution is 14.0. The van der Waals surface area contributed by atoms with Gasteiger partial charge < -0.3 is 16.0 Å². The van der Waals surface area contributed by atoms with Gasteiger partial charge in [0.1, 0.15) is 0 Å². The van der Waals surface area contributed by atoms with Crippen molar-refractivity contribution in [1.82, 2.24) is 20.9 Å². The molecule has 34 heavy (non-hydrogen) atoms. The molecule has 2 aromatic carbocycles. The largest absolute Gasteiger partial charge is 0.357 e. The second-order valence-electron chi connectivity index (χ2n) is 8.86. The highest BCUT2D eigenvalue weighted by atomic mass is 127. The first-order valence-corrected chi connectivity index (χ1v) is 12.3. The van der Waals surface area contributed by atoms with Gasteiger partial charge in [-0.1, -0.05) is 49.4 Å². The van der Waals surface area contributed by atoms with Crippen LogP contribution in [0.15, 0.2) is 59.6 Å². The molecule has 0 radical (unpaired) electrons. The van der Waals surface area contributed by atoms with Crippen LogP contribution in [0.25, 0.3) is 0 Å². The molecule has 7 heteroatoms. The molecule has 1 fully saturated rings. The van der Waals surface area contributed by atoms with Crippen LogP contribution in [0.5, 0.6) is 0 Å². The summed E-state index contributed by atoms with van der Waals surface area (Å²) in [4.78, 5) is 19.7. The number of hydrogen-bond acceptors (Lipinski definition) is 3. The van der Waals surface area contributed by atoms with E-state index >= 15 is 0 Å². The van der Waals surface area contributed by atoms with E-state index in [9.17, 15) is 4.79 Å². The first-order valence-electron chi connectivity index (χ1n) is 12.3. The number of aliphatic imine (C=N–C) groups is 1. The zero-order valence-electron chi connectivity index (χ0n) is 20.7. The first-order chi connectivity index (χ1) is 16.1. The lowest BCUT2D eigenvalue weighted by atomic mass is 10.0. The Morgan fingerprint density at radius 1 is 1.06 bits per heavy atom. The Kier molecular flexibility index (Phi) is 12.4. The molecule has 1 unspecified atom stereocenters. The van der Waals surface area contributed by atoms with E-state index in [2.05, 4.69) is 65.0 Å². The Balaban J connectivity index is 0.00000408. The van der Waals surface area contributed by atoms with E-state index in [4.69, 9.17) is 4.99 Å². The number of likely N-dealkylation sites (tertiary alicyclic amines) is 1. The van der Waals surface area contributed by atoms with E-state index in [-0.39, 0.29) is 35.9 Å². The van der Waals surface area contributed by atoms with Crippen LogP contribution in [-0.4, -0.2) is 48.5 Å². The fourth-order valence-electron chi connectivity index (χ4n) is 3.98. The third-order valence-corrected chi connectivity index (χ3v) is 6.12. The molecule has 6 nitrogen and oxygen atoms in total. The number of rotatable bonds is 9. The summed E-state index contributed by atoms with van der Waals surface area (Å²) in [7, 11) is 0. The summed E-state index contributed by atoms with van der Waals surface area (Å²) in [6, 6.07) is 19.0. The summed E-state index contributed by atoms with van der Waals surface area (Å²) in [5.74, 6) is 0.816. The summed E-state index contributed by atoms with van der Waals surface area (Å²) in [6.45, 7) is 10.7. The topological polar surface area (TPSA) is 68.8 Å². The monoisotopic (exact) mass is 577 g/mol. The Morgan fingerprint density at radius 2 is 1.76 bits per heavy atom. The van der Waals surface area contributed by atoms with Gasteiger partial charge in [0.25, 0.3) is 5.91 Å². The van der Waals surface area contributed by atoms with Crippen molar-refractivity contribution in [3.63, 3.8) is 0 Å². The lowest BCUT2D eigenvalue weighted by molar-refractivity contribution is 0.0939. The fraction of sp³-hybridized carbons (Fsp3) is 0.481. The van der Waals surface area contributed by atoms with Crippen molar-refractivity contribution < 1.29 is 4.79 Å². The minimum atomic E-state index is -0.0255. The average molecular weight is 578 g/mol. The second-order valence-corrected chi connectivity index (χ2v) is 8.86. The summed E-state index contributed by atoms with van der Waals surface area (Å²) >= 11 is 0. The Labute approximate surface area is 222 Å². The summed E-state index contributed by atoms with van der Waals surface area (Å²) in [6.07, 6.45) is 3.11. The number of guanidine groups is 1. The van der Waals surface area contributed by atoms with Crippen LogP contribution in [0, 0.1) is 0 Å². The molecule has 1 aliphatic rings. The van der Waals surface area contributed by atoms with Crippen molar-refractivity contribution in [3.8, 4) is 0 Å². The molecule has 186 valence electrons. The van der Waals surface area contributed by atoms with Crippen molar-refractivity contribution >= 4 is 35.8 Å². The van der Waals surface area contributed by atoms with Gasteiger partial charge in [-0.05, 0) is 56.4 Å². The van der Waals surface area contributed by atoms with Crippen LogP contribution in [-0.2, 0) is 13.1 Å². The molecule has 1 amide bonds. The van der Waals surface area contributed by atoms with E-state index < -0.39 is 0 Å². The smallest absolute Gasteiger partial charge is 0.251 e. The molecular formula is C27H40IN5O. The predicted octanol–water partition coefficient (Wildman–Crippen LogP) is 4.55. The molecule has 3 rings (SSSR count). The number of halogens is 1. The molecule has 0 aliphatic carbocycles.